The third-order valence-electron chi connectivity index (χ3n) is 2.03. The molecule has 4 nitrogen and oxygen atoms in total. The Morgan fingerprint density at radius 3 is 2.56 bits per heavy atom. The summed E-state index contributed by atoms with van der Waals surface area (Å²) in [5.41, 5.74) is 0. The van der Waals surface area contributed by atoms with Gasteiger partial charge in [-0.15, -0.1) is 11.8 Å². The van der Waals surface area contributed by atoms with Crippen molar-refractivity contribution in [2.75, 3.05) is 12.9 Å². The molecule has 1 amide bonds. The fraction of sp³-hybridized carbons (Fsp3) is 0.273. The molecule has 1 atom stereocenters. The summed E-state index contributed by atoms with van der Waals surface area (Å²) in [7, 11) is 6.18. The predicted molar refractivity (Wildman–Crippen MR) is 67.2 cm³/mol. The lowest BCUT2D eigenvalue weighted by atomic mass is 10.1. The summed E-state index contributed by atoms with van der Waals surface area (Å²) >= 11 is 1.29. The Labute approximate surface area is 110 Å². The Bertz CT molecular complexity index is 427. The van der Waals surface area contributed by atoms with E-state index in [2.05, 4.69) is 10.1 Å². The van der Waals surface area contributed by atoms with Gasteiger partial charge in [-0.1, -0.05) is 0 Å². The Morgan fingerprint density at radius 1 is 1.44 bits per heavy atom. The molecule has 0 aliphatic carbocycles. The molecule has 0 spiro atoms. The molecule has 0 aliphatic rings. The van der Waals surface area contributed by atoms with Crippen LogP contribution in [0, 0.1) is 5.82 Å². The van der Waals surface area contributed by atoms with E-state index < -0.39 is 17.8 Å². The minimum Gasteiger partial charge on any atom is -0.467 e. The van der Waals surface area contributed by atoms with Gasteiger partial charge in [-0.2, -0.15) is 0 Å². The van der Waals surface area contributed by atoms with Gasteiger partial charge < -0.3 is 10.1 Å². The van der Waals surface area contributed by atoms with Crippen molar-refractivity contribution in [3.63, 3.8) is 0 Å². The summed E-state index contributed by atoms with van der Waals surface area (Å²) in [6.45, 7) is 0. The van der Waals surface area contributed by atoms with Crippen molar-refractivity contribution in [1.82, 2.24) is 5.32 Å². The van der Waals surface area contributed by atoms with Crippen molar-refractivity contribution in [2.45, 2.75) is 10.9 Å². The van der Waals surface area contributed by atoms with Crippen LogP contribution in [-0.4, -0.2) is 38.5 Å². The van der Waals surface area contributed by atoms with E-state index in [0.717, 1.165) is 4.90 Å². The molecule has 0 fully saturated rings. The summed E-state index contributed by atoms with van der Waals surface area (Å²) in [6.07, 6.45) is 0. The number of hydrogen-bond donors (Lipinski definition) is 1. The van der Waals surface area contributed by atoms with Gasteiger partial charge in [0.25, 0.3) is 0 Å². The van der Waals surface area contributed by atoms with Crippen molar-refractivity contribution in [3.05, 3.63) is 30.1 Å². The number of nitrogens with one attached hydrogen (secondary N) is 1. The second-order valence-corrected chi connectivity index (χ2v) is 4.44. The molecule has 0 aliphatic heterocycles. The molecule has 2 radical (unpaired) electrons. The van der Waals surface area contributed by atoms with Crippen LogP contribution in [-0.2, 0) is 9.53 Å². The predicted octanol–water partition coefficient (Wildman–Crippen LogP) is 1.34. The van der Waals surface area contributed by atoms with Crippen LogP contribution in [0.2, 0.25) is 0 Å². The van der Waals surface area contributed by atoms with Crippen molar-refractivity contribution in [3.8, 4) is 0 Å². The standard InChI is InChI=1S/C11H11BFNO3S/c1-17-10(15)9(14-11(12)16)6-18-8-4-2-7(13)3-5-8/h2-5,9H,6H2,1H3,(H,14,16). The van der Waals surface area contributed by atoms with Crippen molar-refractivity contribution in [1.29, 1.82) is 0 Å². The number of carbonyl (C=O) groups is 2. The molecule has 94 valence electrons. The second-order valence-electron chi connectivity index (χ2n) is 3.35. The topological polar surface area (TPSA) is 55.4 Å². The first-order valence-electron chi connectivity index (χ1n) is 5.05. The zero-order chi connectivity index (χ0) is 13.5. The minimum atomic E-state index is -0.831. The molecule has 0 aromatic heterocycles. The summed E-state index contributed by atoms with van der Waals surface area (Å²) < 4.78 is 17.2. The average Bonchev–Trinajstić information content (AvgIpc) is 2.35. The van der Waals surface area contributed by atoms with Crippen LogP contribution in [0.3, 0.4) is 0 Å². The molecule has 1 unspecified atom stereocenters. The van der Waals surface area contributed by atoms with Crippen molar-refractivity contribution in [2.24, 2.45) is 0 Å². The maximum atomic E-state index is 12.7. The maximum Gasteiger partial charge on any atom is 0.329 e. The molecule has 18 heavy (non-hydrogen) atoms. The molecular formula is C11H11BFNO3S. The van der Waals surface area contributed by atoms with Crippen LogP contribution in [0.25, 0.3) is 0 Å². The molecule has 0 heterocycles. The van der Waals surface area contributed by atoms with Crippen LogP contribution in [0.5, 0.6) is 0 Å². The number of carbonyl (C=O) groups excluding carboxylic acids is 2. The summed E-state index contributed by atoms with van der Waals surface area (Å²) in [6, 6.07) is 4.97. The average molecular weight is 267 g/mol. The number of amides is 1. The smallest absolute Gasteiger partial charge is 0.329 e. The Hall–Kier alpha value is -1.50. The van der Waals surface area contributed by atoms with E-state index in [-0.39, 0.29) is 11.6 Å². The molecule has 1 N–H and O–H groups in total. The lowest BCUT2D eigenvalue weighted by molar-refractivity contribution is -0.142. The second kappa shape index (κ2) is 7.05. The monoisotopic (exact) mass is 267 g/mol. The van der Waals surface area contributed by atoms with E-state index >= 15 is 0 Å². The van der Waals surface area contributed by atoms with Crippen molar-refractivity contribution < 1.29 is 18.7 Å². The number of esters is 1. The van der Waals surface area contributed by atoms with Crippen LogP contribution in [0.1, 0.15) is 0 Å². The van der Waals surface area contributed by atoms with E-state index in [9.17, 15) is 14.0 Å². The third-order valence-corrected chi connectivity index (χ3v) is 3.14. The molecule has 1 rings (SSSR count). The van der Waals surface area contributed by atoms with Gasteiger partial charge in [0.05, 0.1) is 7.11 Å². The molecule has 0 saturated heterocycles. The molecule has 7 heteroatoms. The first-order chi connectivity index (χ1) is 8.52. The zero-order valence-electron chi connectivity index (χ0n) is 9.68. The third kappa shape index (κ3) is 4.79. The van der Waals surface area contributed by atoms with E-state index in [1.165, 1.54) is 31.0 Å². The van der Waals surface area contributed by atoms with Crippen LogP contribution in [0.4, 0.5) is 9.18 Å². The quantitative estimate of drug-likeness (QED) is 0.497. The number of halogens is 1. The zero-order valence-corrected chi connectivity index (χ0v) is 10.5. The number of rotatable bonds is 5. The molecule has 0 bridgehead atoms. The van der Waals surface area contributed by atoms with Gasteiger partial charge >= 0.3 is 5.97 Å². The highest BCUT2D eigenvalue weighted by Gasteiger charge is 2.19. The molecule has 0 saturated carbocycles. The van der Waals surface area contributed by atoms with Crippen molar-refractivity contribution >= 4 is 31.4 Å². The summed E-state index contributed by atoms with van der Waals surface area (Å²) in [5, 5.41) is 2.28. The van der Waals surface area contributed by atoms with Gasteiger partial charge in [0.15, 0.2) is 5.81 Å². The Kier molecular flexibility index (Phi) is 5.71. The first-order valence-corrected chi connectivity index (χ1v) is 6.03. The molecule has 1 aromatic rings. The van der Waals surface area contributed by atoms with E-state index in [1.807, 2.05) is 0 Å². The van der Waals surface area contributed by atoms with Gasteiger partial charge in [0.2, 0.25) is 7.85 Å². The maximum absolute atomic E-state index is 12.7. The van der Waals surface area contributed by atoms with Crippen LogP contribution >= 0.6 is 11.8 Å². The highest BCUT2D eigenvalue weighted by molar-refractivity contribution is 7.99. The Morgan fingerprint density at radius 2 is 2.06 bits per heavy atom. The summed E-state index contributed by atoms with van der Waals surface area (Å²) in [4.78, 5) is 22.9. The number of methoxy groups -OCH3 is 1. The van der Waals surface area contributed by atoms with E-state index in [1.54, 1.807) is 12.1 Å². The molecule has 1 aromatic carbocycles. The van der Waals surface area contributed by atoms with Gasteiger partial charge in [-0.25, -0.2) is 9.18 Å². The number of ether oxygens (including phenoxy) is 1. The normalized spacial score (nSPS) is 11.7. The minimum absolute atomic E-state index is 0.251. The lowest BCUT2D eigenvalue weighted by Crippen LogP contribution is -2.42. The van der Waals surface area contributed by atoms with Gasteiger partial charge in [-0.3, -0.25) is 4.79 Å². The summed E-state index contributed by atoms with van der Waals surface area (Å²) in [5.74, 6) is -1.46. The van der Waals surface area contributed by atoms with E-state index in [0.29, 0.717) is 0 Å². The largest absolute Gasteiger partial charge is 0.467 e. The number of hydrogen-bond acceptors (Lipinski definition) is 4. The van der Waals surface area contributed by atoms with E-state index in [4.69, 9.17) is 7.85 Å². The van der Waals surface area contributed by atoms with Gasteiger partial charge in [0.1, 0.15) is 11.9 Å². The van der Waals surface area contributed by atoms with Gasteiger partial charge in [0, 0.05) is 10.6 Å². The highest BCUT2D eigenvalue weighted by Crippen LogP contribution is 2.19. The first kappa shape index (κ1) is 14.6. The lowest BCUT2D eigenvalue weighted by Gasteiger charge is -2.15. The molecular weight excluding hydrogens is 256 g/mol. The fourth-order valence-electron chi connectivity index (χ4n) is 1.19. The number of benzene rings is 1. The number of thioether (sulfide) groups is 1. The SMILES string of the molecule is [B]C(=O)NC(CSc1ccc(F)cc1)C(=O)OC. The highest BCUT2D eigenvalue weighted by atomic mass is 32.2. The van der Waals surface area contributed by atoms with Crippen LogP contribution in [0.15, 0.2) is 29.2 Å². The van der Waals surface area contributed by atoms with Crippen LogP contribution < -0.4 is 5.32 Å². The van der Waals surface area contributed by atoms with Gasteiger partial charge in [-0.05, 0) is 24.3 Å². The fourth-order valence-corrected chi connectivity index (χ4v) is 2.10. The Balaban J connectivity index is 2.58.